The molecule has 2 rings (SSSR count). The van der Waals surface area contributed by atoms with Gasteiger partial charge in [0.15, 0.2) is 6.23 Å². The molecule has 0 aliphatic carbocycles. The SMILES string of the molecule is CC(C)(C)OC(=O)N[C@@H](CC(=O)Nc1ccn([C@@H]2O[C@H](CO)C(O)[C@H]2O)c(=O)n1)C(=O)O. The Morgan fingerprint density at radius 1 is 1.28 bits per heavy atom. The molecule has 0 bridgehead atoms. The molecule has 0 aromatic carbocycles. The van der Waals surface area contributed by atoms with E-state index in [0.717, 1.165) is 10.8 Å². The minimum atomic E-state index is -1.59. The zero-order valence-corrected chi connectivity index (χ0v) is 17.6. The van der Waals surface area contributed by atoms with Gasteiger partial charge in [-0.1, -0.05) is 0 Å². The van der Waals surface area contributed by atoms with Crippen molar-refractivity contribution < 1.29 is 44.3 Å². The van der Waals surface area contributed by atoms with Crippen molar-refractivity contribution in [3.8, 4) is 0 Å². The van der Waals surface area contributed by atoms with Crippen molar-refractivity contribution in [3.05, 3.63) is 22.7 Å². The Balaban J connectivity index is 2.03. The number of carboxylic acids is 1. The molecular weight excluding hydrogens is 432 g/mol. The van der Waals surface area contributed by atoms with Gasteiger partial charge in [-0.15, -0.1) is 0 Å². The van der Waals surface area contributed by atoms with Crippen LogP contribution in [-0.4, -0.2) is 84.5 Å². The predicted octanol–water partition coefficient (Wildman–Crippen LogP) is -1.84. The maximum atomic E-state index is 12.3. The molecule has 1 saturated heterocycles. The number of nitrogens with one attached hydrogen (secondary N) is 2. The Morgan fingerprint density at radius 2 is 1.94 bits per heavy atom. The summed E-state index contributed by atoms with van der Waals surface area (Å²) in [6, 6.07) is -0.408. The molecule has 2 heterocycles. The predicted molar refractivity (Wildman–Crippen MR) is 106 cm³/mol. The number of amides is 2. The van der Waals surface area contributed by atoms with Crippen molar-refractivity contribution in [2.75, 3.05) is 11.9 Å². The van der Waals surface area contributed by atoms with E-state index in [4.69, 9.17) is 14.6 Å². The van der Waals surface area contributed by atoms with E-state index in [1.54, 1.807) is 20.8 Å². The Hall–Kier alpha value is -3.07. The van der Waals surface area contributed by atoms with Gasteiger partial charge < -0.3 is 40.5 Å². The Bertz CT molecular complexity index is 912. The third kappa shape index (κ3) is 6.46. The number of aromatic nitrogens is 2. The number of ether oxygens (including phenoxy) is 2. The number of aliphatic carboxylic acids is 1. The number of alkyl carbamates (subject to hydrolysis) is 1. The first kappa shape index (κ1) is 25.2. The molecule has 1 aromatic rings. The van der Waals surface area contributed by atoms with Crippen LogP contribution in [0.3, 0.4) is 0 Å². The van der Waals surface area contributed by atoms with Crippen LogP contribution in [0.1, 0.15) is 33.4 Å². The molecule has 1 unspecified atom stereocenters. The van der Waals surface area contributed by atoms with E-state index in [1.165, 1.54) is 6.07 Å². The lowest BCUT2D eigenvalue weighted by Gasteiger charge is -2.21. The van der Waals surface area contributed by atoms with Crippen LogP contribution in [-0.2, 0) is 19.1 Å². The number of rotatable bonds is 7. The van der Waals surface area contributed by atoms with E-state index >= 15 is 0 Å². The van der Waals surface area contributed by atoms with Crippen LogP contribution < -0.4 is 16.3 Å². The number of hydrogen-bond donors (Lipinski definition) is 6. The van der Waals surface area contributed by atoms with Crippen molar-refractivity contribution >= 4 is 23.8 Å². The van der Waals surface area contributed by atoms with Gasteiger partial charge in [-0.3, -0.25) is 9.36 Å². The van der Waals surface area contributed by atoms with Crippen LogP contribution in [0.4, 0.5) is 10.6 Å². The maximum Gasteiger partial charge on any atom is 0.408 e. The summed E-state index contributed by atoms with van der Waals surface area (Å²) in [4.78, 5) is 51.2. The minimum absolute atomic E-state index is 0.218. The van der Waals surface area contributed by atoms with Gasteiger partial charge in [-0.25, -0.2) is 14.4 Å². The van der Waals surface area contributed by atoms with Gasteiger partial charge in [0, 0.05) is 6.20 Å². The number of aliphatic hydroxyl groups is 3. The second kappa shape index (κ2) is 10.0. The van der Waals surface area contributed by atoms with Gasteiger partial charge in [0.2, 0.25) is 5.91 Å². The summed E-state index contributed by atoms with van der Waals surface area (Å²) in [5.41, 5.74) is -1.81. The lowest BCUT2D eigenvalue weighted by molar-refractivity contribution is -0.141. The van der Waals surface area contributed by atoms with E-state index in [1.807, 2.05) is 0 Å². The molecule has 14 heteroatoms. The van der Waals surface area contributed by atoms with Gasteiger partial charge in [0.25, 0.3) is 0 Å². The van der Waals surface area contributed by atoms with E-state index < -0.39 is 72.9 Å². The van der Waals surface area contributed by atoms with Crippen LogP contribution in [0.5, 0.6) is 0 Å². The first-order chi connectivity index (χ1) is 14.8. The minimum Gasteiger partial charge on any atom is -0.480 e. The fourth-order valence-corrected chi connectivity index (χ4v) is 2.81. The van der Waals surface area contributed by atoms with E-state index in [0.29, 0.717) is 0 Å². The molecule has 5 atom stereocenters. The summed E-state index contributed by atoms with van der Waals surface area (Å²) < 4.78 is 11.1. The van der Waals surface area contributed by atoms with Gasteiger partial charge in [-0.2, -0.15) is 4.98 Å². The zero-order chi connectivity index (χ0) is 24.2. The van der Waals surface area contributed by atoms with Crippen LogP contribution in [0.25, 0.3) is 0 Å². The van der Waals surface area contributed by atoms with E-state index in [-0.39, 0.29) is 5.82 Å². The summed E-state index contributed by atoms with van der Waals surface area (Å²) >= 11 is 0. The van der Waals surface area contributed by atoms with Crippen molar-refractivity contribution in [2.24, 2.45) is 0 Å². The second-order valence-corrected chi connectivity index (χ2v) is 8.02. The highest BCUT2D eigenvalue weighted by molar-refractivity contribution is 5.94. The van der Waals surface area contributed by atoms with Gasteiger partial charge >= 0.3 is 17.8 Å². The lowest BCUT2D eigenvalue weighted by atomic mass is 10.1. The van der Waals surface area contributed by atoms with Gasteiger partial charge in [0.05, 0.1) is 13.0 Å². The molecule has 14 nitrogen and oxygen atoms in total. The van der Waals surface area contributed by atoms with Gasteiger partial charge in [0.1, 0.15) is 35.8 Å². The number of nitrogens with zero attached hydrogens (tertiary/aromatic N) is 2. The normalized spacial score (nSPS) is 23.9. The molecular formula is C18H26N4O10. The van der Waals surface area contributed by atoms with Crippen LogP contribution in [0.15, 0.2) is 17.1 Å². The number of carboxylic acid groups (broad SMARTS) is 1. The summed E-state index contributed by atoms with van der Waals surface area (Å²) in [6.45, 7) is 4.18. The van der Waals surface area contributed by atoms with Crippen LogP contribution in [0, 0.1) is 0 Å². The van der Waals surface area contributed by atoms with Crippen LogP contribution in [0.2, 0.25) is 0 Å². The second-order valence-electron chi connectivity index (χ2n) is 8.02. The third-order valence-corrected chi connectivity index (χ3v) is 4.27. The lowest BCUT2D eigenvalue weighted by Crippen LogP contribution is -2.45. The summed E-state index contributed by atoms with van der Waals surface area (Å²) in [5.74, 6) is -2.55. The molecule has 0 spiro atoms. The molecule has 1 aromatic heterocycles. The topological polar surface area (TPSA) is 210 Å². The Labute approximate surface area is 181 Å². The number of hydrogen-bond acceptors (Lipinski definition) is 10. The monoisotopic (exact) mass is 458 g/mol. The highest BCUT2D eigenvalue weighted by Gasteiger charge is 2.43. The molecule has 6 N–H and O–H groups in total. The largest absolute Gasteiger partial charge is 0.480 e. The number of carbonyl (C=O) groups is 3. The first-order valence-electron chi connectivity index (χ1n) is 9.56. The number of aliphatic hydroxyl groups excluding tert-OH is 3. The number of carbonyl (C=O) groups excluding carboxylic acids is 2. The molecule has 1 aliphatic rings. The van der Waals surface area contributed by atoms with Crippen molar-refractivity contribution in [1.82, 2.24) is 14.9 Å². The molecule has 0 radical (unpaired) electrons. The molecule has 178 valence electrons. The van der Waals surface area contributed by atoms with Crippen molar-refractivity contribution in [3.63, 3.8) is 0 Å². The number of anilines is 1. The van der Waals surface area contributed by atoms with Gasteiger partial charge in [-0.05, 0) is 26.8 Å². The zero-order valence-electron chi connectivity index (χ0n) is 17.6. The standard InChI is InChI=1S/C18H26N4O10/c1-18(2,3)32-17(30)19-8(15(27)28)6-11(24)20-10-4-5-22(16(29)21-10)14-13(26)12(25)9(7-23)31-14/h4-5,8-9,12-14,23,25-26H,6-7H2,1-3H3,(H,19,30)(H,27,28)(H,20,21,24,29)/t8-,9+,12?,13+,14+/m0/s1. The fourth-order valence-electron chi connectivity index (χ4n) is 2.81. The third-order valence-electron chi connectivity index (χ3n) is 4.27. The fraction of sp³-hybridized carbons (Fsp3) is 0.611. The van der Waals surface area contributed by atoms with E-state index in [9.17, 15) is 34.5 Å². The molecule has 1 aliphatic heterocycles. The molecule has 1 fully saturated rings. The summed E-state index contributed by atoms with van der Waals surface area (Å²) in [5, 5.41) is 42.5. The maximum absolute atomic E-state index is 12.3. The quantitative estimate of drug-likeness (QED) is 0.267. The first-order valence-corrected chi connectivity index (χ1v) is 9.56. The summed E-state index contributed by atoms with van der Waals surface area (Å²) in [6.07, 6.45) is -5.86. The van der Waals surface area contributed by atoms with E-state index in [2.05, 4.69) is 15.6 Å². The van der Waals surface area contributed by atoms with Crippen LogP contribution >= 0.6 is 0 Å². The van der Waals surface area contributed by atoms with Crippen molar-refractivity contribution in [1.29, 1.82) is 0 Å². The highest BCUT2D eigenvalue weighted by Crippen LogP contribution is 2.28. The smallest absolute Gasteiger partial charge is 0.408 e. The summed E-state index contributed by atoms with van der Waals surface area (Å²) in [7, 11) is 0. The Kier molecular flexibility index (Phi) is 7.90. The Morgan fingerprint density at radius 3 is 2.44 bits per heavy atom. The molecule has 32 heavy (non-hydrogen) atoms. The average Bonchev–Trinajstić information content (AvgIpc) is 2.94. The van der Waals surface area contributed by atoms with Crippen molar-refractivity contribution in [2.45, 2.75) is 63.4 Å². The molecule has 2 amide bonds. The highest BCUT2D eigenvalue weighted by atomic mass is 16.6. The average molecular weight is 458 g/mol. The molecule has 0 saturated carbocycles.